The predicted molar refractivity (Wildman–Crippen MR) is 198 cm³/mol. The number of rotatable bonds is 16. The summed E-state index contributed by atoms with van der Waals surface area (Å²) in [6.07, 6.45) is 8.12. The summed E-state index contributed by atoms with van der Waals surface area (Å²) < 4.78 is 48.5. The monoisotopic (exact) mass is 684 g/mol. The molecule has 1 unspecified atom stereocenters. The van der Waals surface area contributed by atoms with Crippen molar-refractivity contribution in [3.8, 4) is 0 Å². The third-order valence-corrected chi connectivity index (χ3v) is 7.72. The highest BCUT2D eigenvalue weighted by atomic mass is 19.4. The van der Waals surface area contributed by atoms with Gasteiger partial charge in [-0.25, -0.2) is 9.97 Å². The number of carbonyl (C=O) groups excluding carboxylic acids is 1. The van der Waals surface area contributed by atoms with Gasteiger partial charge in [-0.3, -0.25) is 4.79 Å². The largest absolute Gasteiger partial charge is 0.441 e. The molecule has 3 aromatic rings. The van der Waals surface area contributed by atoms with E-state index in [0.717, 1.165) is 28.9 Å². The van der Waals surface area contributed by atoms with Crippen LogP contribution in [0.15, 0.2) is 127 Å². The van der Waals surface area contributed by atoms with Crippen molar-refractivity contribution >= 4 is 22.7 Å². The van der Waals surface area contributed by atoms with Crippen LogP contribution in [0.5, 0.6) is 0 Å². The van der Waals surface area contributed by atoms with Crippen LogP contribution in [0, 0.1) is 6.92 Å². The van der Waals surface area contributed by atoms with E-state index in [0.29, 0.717) is 60.0 Å². The topological polar surface area (TPSA) is 76.1 Å². The van der Waals surface area contributed by atoms with Gasteiger partial charge in [0, 0.05) is 34.8 Å². The van der Waals surface area contributed by atoms with Crippen molar-refractivity contribution in [2.24, 2.45) is 0 Å². The fraction of sp³-hybridized carbons (Fsp3) is 0.293. The minimum atomic E-state index is -4.58. The van der Waals surface area contributed by atoms with Gasteiger partial charge in [0.2, 0.25) is 5.91 Å². The Morgan fingerprint density at radius 3 is 2.14 bits per heavy atom. The van der Waals surface area contributed by atoms with Crippen LogP contribution in [0.2, 0.25) is 0 Å². The molecule has 0 aliphatic rings. The number of amides is 1. The van der Waals surface area contributed by atoms with E-state index in [1.54, 1.807) is 26.0 Å². The zero-order chi connectivity index (χ0) is 36.7. The Balaban J connectivity index is 1.98. The summed E-state index contributed by atoms with van der Waals surface area (Å²) in [5, 5.41) is 6.37. The first kappa shape index (κ1) is 39.3. The van der Waals surface area contributed by atoms with Crippen LogP contribution >= 0.6 is 0 Å². The van der Waals surface area contributed by atoms with E-state index in [1.165, 1.54) is 19.3 Å². The van der Waals surface area contributed by atoms with E-state index in [4.69, 9.17) is 4.74 Å². The molecule has 0 bridgehead atoms. The second-order valence-corrected chi connectivity index (χ2v) is 11.4. The molecular formula is C41H47F3N4O2. The quantitative estimate of drug-likeness (QED) is 0.116. The lowest BCUT2D eigenvalue weighted by molar-refractivity contribution is -0.118. The third-order valence-electron chi connectivity index (χ3n) is 7.72. The van der Waals surface area contributed by atoms with Gasteiger partial charge >= 0.3 is 6.18 Å². The lowest BCUT2D eigenvalue weighted by Gasteiger charge is -2.24. The first-order valence-corrected chi connectivity index (χ1v) is 16.9. The summed E-state index contributed by atoms with van der Waals surface area (Å²) in [7, 11) is 0. The number of anilines is 1. The van der Waals surface area contributed by atoms with Gasteiger partial charge in [-0.2, -0.15) is 13.2 Å². The lowest BCUT2D eigenvalue weighted by atomic mass is 9.95. The van der Waals surface area contributed by atoms with E-state index in [1.807, 2.05) is 81.4 Å². The molecule has 2 N–H and O–H groups in total. The summed E-state index contributed by atoms with van der Waals surface area (Å²) in [6.45, 7) is 14.9. The van der Waals surface area contributed by atoms with Crippen molar-refractivity contribution < 1.29 is 22.7 Å². The van der Waals surface area contributed by atoms with Crippen LogP contribution in [0.4, 0.5) is 18.9 Å². The van der Waals surface area contributed by atoms with Gasteiger partial charge in [-0.05, 0) is 81.0 Å². The number of carbonyl (C=O) groups is 1. The number of hydrogen-bond donors (Lipinski definition) is 2. The van der Waals surface area contributed by atoms with Crippen molar-refractivity contribution in [1.29, 1.82) is 0 Å². The molecule has 0 aliphatic carbocycles. The fourth-order valence-electron chi connectivity index (χ4n) is 5.19. The van der Waals surface area contributed by atoms with Crippen LogP contribution in [-0.4, -0.2) is 28.1 Å². The molecule has 1 amide bonds. The normalized spacial score (nSPS) is 13.9. The molecule has 0 aliphatic heterocycles. The number of allylic oxidation sites excluding steroid dienone is 7. The number of aromatic nitrogens is 2. The van der Waals surface area contributed by atoms with Crippen LogP contribution in [0.3, 0.4) is 0 Å². The number of aryl methyl sites for hydroxylation is 1. The van der Waals surface area contributed by atoms with Crippen LogP contribution in [0.25, 0.3) is 11.1 Å². The maximum absolute atomic E-state index is 14.0. The van der Waals surface area contributed by atoms with E-state index in [2.05, 4.69) is 27.2 Å². The molecular weight excluding hydrogens is 637 g/mol. The molecule has 6 nitrogen and oxygen atoms in total. The molecule has 0 fully saturated rings. The van der Waals surface area contributed by atoms with E-state index in [-0.39, 0.29) is 11.5 Å². The molecule has 1 heterocycles. The van der Waals surface area contributed by atoms with Gasteiger partial charge in [0.1, 0.15) is 17.6 Å². The molecule has 0 spiro atoms. The Bertz CT molecular complexity index is 1750. The molecule has 9 heteroatoms. The number of para-hydroxylation sites is 1. The first-order chi connectivity index (χ1) is 24.0. The highest BCUT2D eigenvalue weighted by molar-refractivity contribution is 5.98. The average Bonchev–Trinajstić information content (AvgIpc) is 3.10. The van der Waals surface area contributed by atoms with Gasteiger partial charge in [0.05, 0.1) is 5.57 Å². The van der Waals surface area contributed by atoms with Crippen LogP contribution in [0.1, 0.15) is 82.8 Å². The molecule has 2 aromatic carbocycles. The summed E-state index contributed by atoms with van der Waals surface area (Å²) in [5.74, 6) is 0.858. The van der Waals surface area contributed by atoms with Gasteiger partial charge in [-0.1, -0.05) is 94.5 Å². The number of ether oxygens (including phenoxy) is 1. The molecule has 1 atom stereocenters. The number of benzene rings is 2. The number of halogens is 3. The first-order valence-electron chi connectivity index (χ1n) is 16.9. The van der Waals surface area contributed by atoms with Crippen LogP contribution < -0.4 is 10.6 Å². The van der Waals surface area contributed by atoms with E-state index >= 15 is 0 Å². The Kier molecular flexibility index (Phi) is 15.0. The van der Waals surface area contributed by atoms with Crippen LogP contribution in [-0.2, 0) is 9.53 Å². The van der Waals surface area contributed by atoms with Gasteiger partial charge in [-0.15, -0.1) is 0 Å². The number of nitrogens with one attached hydrogen (secondary N) is 2. The predicted octanol–water partition coefficient (Wildman–Crippen LogP) is 10.6. The minimum Gasteiger partial charge on any atom is -0.441 e. The zero-order valence-corrected chi connectivity index (χ0v) is 29.7. The summed E-state index contributed by atoms with van der Waals surface area (Å²) in [4.78, 5) is 22.4. The van der Waals surface area contributed by atoms with Crippen molar-refractivity contribution in [1.82, 2.24) is 15.3 Å². The lowest BCUT2D eigenvalue weighted by Crippen LogP contribution is -2.40. The third kappa shape index (κ3) is 10.9. The minimum absolute atomic E-state index is 0.242. The Morgan fingerprint density at radius 2 is 1.56 bits per heavy atom. The second-order valence-electron chi connectivity index (χ2n) is 11.4. The molecule has 0 radical (unpaired) electrons. The van der Waals surface area contributed by atoms with Crippen molar-refractivity contribution in [3.05, 3.63) is 149 Å². The highest BCUT2D eigenvalue weighted by Gasteiger charge is 2.32. The average molecular weight is 685 g/mol. The number of alkyl halides is 3. The molecule has 50 heavy (non-hydrogen) atoms. The van der Waals surface area contributed by atoms with E-state index in [9.17, 15) is 18.0 Å². The summed E-state index contributed by atoms with van der Waals surface area (Å²) >= 11 is 0. The van der Waals surface area contributed by atoms with E-state index < -0.39 is 17.8 Å². The summed E-state index contributed by atoms with van der Waals surface area (Å²) in [6, 6.07) is 16.6. The maximum atomic E-state index is 14.0. The molecule has 0 saturated carbocycles. The fourth-order valence-corrected chi connectivity index (χ4v) is 5.19. The maximum Gasteiger partial charge on any atom is 0.416 e. The Morgan fingerprint density at radius 1 is 0.920 bits per heavy atom. The molecule has 0 saturated heterocycles. The standard InChI is InChI=1S/C41H47F3N4O2/c1-8-18-37(40(49)48-36-24-17-16-23-34(36)28(6)30-21-14-13-15-22-30)47-39(20-10-3)50-38(19-9-2)33(12-5)35(25-32(11-4)41(42,43)44)31-26-45-29(7)46-27-31/h11-17,19-27,37,47H,6,8-10,18H2,1-5,7H3,(H,48,49)/b32-11+,33-12?,35-25-,38-19-,39-20+. The second kappa shape index (κ2) is 19.1. The van der Waals surface area contributed by atoms with Gasteiger partial charge < -0.3 is 15.4 Å². The molecule has 264 valence electrons. The molecule has 3 rings (SSSR count). The van der Waals surface area contributed by atoms with Gasteiger partial charge in [0.25, 0.3) is 0 Å². The SMILES string of the molecule is C=C(c1ccccc1)c1ccccc1NC(=O)C(CCC)N/C(=C\CC)O/C(=C\CC)C(=CC)/C(=C\C(=C/C)C(F)(F)F)c1cnc(C)nc1. The van der Waals surface area contributed by atoms with Crippen molar-refractivity contribution in [3.63, 3.8) is 0 Å². The number of nitrogens with zero attached hydrogens (tertiary/aromatic N) is 2. The van der Waals surface area contributed by atoms with Gasteiger partial charge in [0.15, 0.2) is 5.88 Å². The Hall–Kier alpha value is -5.18. The Labute approximate surface area is 294 Å². The van der Waals surface area contributed by atoms with Crippen molar-refractivity contribution in [2.45, 2.75) is 79.4 Å². The smallest absolute Gasteiger partial charge is 0.416 e. The number of hydrogen-bond acceptors (Lipinski definition) is 5. The molecule has 1 aromatic heterocycles. The zero-order valence-electron chi connectivity index (χ0n) is 29.7. The van der Waals surface area contributed by atoms with Crippen molar-refractivity contribution in [2.75, 3.05) is 5.32 Å². The summed E-state index contributed by atoms with van der Waals surface area (Å²) in [5.41, 5.74) is 3.37. The highest BCUT2D eigenvalue weighted by Crippen LogP contribution is 2.36.